The second kappa shape index (κ2) is 15.1. The van der Waals surface area contributed by atoms with Crippen molar-refractivity contribution in [3.05, 3.63) is 224 Å². The molecule has 0 bridgehead atoms. The molecule has 5 nitrogen and oxygen atoms in total. The smallest absolute Gasteiger partial charge is 0.268 e. The van der Waals surface area contributed by atoms with Crippen LogP contribution in [0.1, 0.15) is 38.7 Å². The molecule has 0 aliphatic rings. The Hall–Kier alpha value is -7.50. The van der Waals surface area contributed by atoms with Gasteiger partial charge in [0.2, 0.25) is 0 Å². The molecule has 0 spiro atoms. The number of fused-ring (bicyclic) bond motifs is 3. The molecule has 0 amide bonds. The van der Waals surface area contributed by atoms with Crippen LogP contribution in [0.15, 0.2) is 206 Å². The minimum atomic E-state index is -0.562. The molecule has 3 aromatic heterocycles. The quantitative estimate of drug-likeness (QED) is 0.103. The molecule has 0 fully saturated rings. The number of hydrogen-bond donors (Lipinski definition) is 0. The van der Waals surface area contributed by atoms with Crippen molar-refractivity contribution in [1.29, 1.82) is 0 Å². The lowest BCUT2D eigenvalue weighted by molar-refractivity contribution is -0.598. The second-order valence-electron chi connectivity index (χ2n) is 14.9. The number of ether oxygens (including phenoxy) is 1. The van der Waals surface area contributed by atoms with Crippen molar-refractivity contribution >= 4 is 21.8 Å². The van der Waals surface area contributed by atoms with Gasteiger partial charge in [-0.3, -0.25) is 13.7 Å². The van der Waals surface area contributed by atoms with E-state index in [4.69, 9.17) is 23.4 Å². The van der Waals surface area contributed by atoms with E-state index in [1.165, 1.54) is 10.1 Å². The largest absolute Gasteiger partial charge is 0.458 e. The Morgan fingerprint density at radius 3 is 2.10 bits per heavy atom. The average molecular weight is 773 g/mol. The van der Waals surface area contributed by atoms with Crippen molar-refractivity contribution in [2.24, 2.45) is 0 Å². The predicted molar refractivity (Wildman–Crippen MR) is 239 cm³/mol. The van der Waals surface area contributed by atoms with Gasteiger partial charge in [0, 0.05) is 35.4 Å². The van der Waals surface area contributed by atoms with E-state index in [1.807, 2.05) is 60.8 Å². The molecule has 0 unspecified atom stereocenters. The monoisotopic (exact) mass is 772 g/mol. The Kier molecular flexibility index (Phi) is 6.77. The van der Waals surface area contributed by atoms with Gasteiger partial charge in [0.15, 0.2) is 0 Å². The van der Waals surface area contributed by atoms with Crippen LogP contribution in [0.25, 0.3) is 61.3 Å². The van der Waals surface area contributed by atoms with Crippen molar-refractivity contribution in [1.82, 2.24) is 14.1 Å². The number of aromatic nitrogens is 4. The van der Waals surface area contributed by atoms with Crippen LogP contribution in [0, 0.1) is 6.33 Å². The third kappa shape index (κ3) is 6.98. The first kappa shape index (κ1) is 26.4. The summed E-state index contributed by atoms with van der Waals surface area (Å²) in [6.07, 6.45) is 9.30. The van der Waals surface area contributed by atoms with Crippen LogP contribution < -0.4 is 9.30 Å². The molecule has 10 aromatic rings. The Morgan fingerprint density at radius 1 is 0.661 bits per heavy atom. The fraction of sp³-hybridized carbons (Fsp3) is 0.0741. The molecular formula is C54H42N4O. The summed E-state index contributed by atoms with van der Waals surface area (Å²) < 4.78 is 97.6. The van der Waals surface area contributed by atoms with Crippen LogP contribution in [-0.2, 0) is 11.8 Å². The first-order chi connectivity index (χ1) is 33.1. The summed E-state index contributed by atoms with van der Waals surface area (Å²) in [7, 11) is 0. The Labute approximate surface area is 358 Å². The summed E-state index contributed by atoms with van der Waals surface area (Å²) in [6.45, 7) is 4.51. The van der Waals surface area contributed by atoms with E-state index in [0.717, 1.165) is 39.6 Å². The molecule has 5 heteroatoms. The van der Waals surface area contributed by atoms with Gasteiger partial charge in [0.1, 0.15) is 17.3 Å². The number of benzene rings is 7. The summed E-state index contributed by atoms with van der Waals surface area (Å²) in [5.41, 5.74) is 5.15. The summed E-state index contributed by atoms with van der Waals surface area (Å²) in [6, 6.07) is 35.9. The van der Waals surface area contributed by atoms with E-state index in [-0.39, 0.29) is 33.4 Å². The van der Waals surface area contributed by atoms with E-state index in [2.05, 4.69) is 79.3 Å². The van der Waals surface area contributed by atoms with Crippen molar-refractivity contribution < 1.29 is 23.0 Å². The SMILES string of the molecule is [2H]c1c([2H])c([2H])c(-c2cccc(-c3c([2H])c([2H])c([2H])c([2H])c3[2H])c2-[n+]2[c-]n(-c3cccc(Oc4ccc5c6ccccc6n(-c6cc(CC(C)(C)c7ccccc7)ccn6)c5c4)c3)cc2)c([2H])c1[2H]. The molecule has 3 heterocycles. The Bertz CT molecular complexity index is 3530. The Balaban J connectivity index is 1.04. The molecule has 10 rings (SSSR count). The van der Waals surface area contributed by atoms with Crippen molar-refractivity contribution in [2.45, 2.75) is 25.7 Å². The van der Waals surface area contributed by atoms with Gasteiger partial charge in [-0.15, -0.1) is 0 Å². The minimum absolute atomic E-state index is 0.106. The molecule has 7 aromatic carbocycles. The molecule has 59 heavy (non-hydrogen) atoms. The number of imidazole rings is 1. The number of nitrogens with zero attached hydrogens (tertiary/aromatic N) is 4. The van der Waals surface area contributed by atoms with Crippen LogP contribution in [0.5, 0.6) is 11.5 Å². The van der Waals surface area contributed by atoms with Crippen molar-refractivity contribution in [3.8, 4) is 50.9 Å². The highest BCUT2D eigenvalue weighted by atomic mass is 16.5. The fourth-order valence-electron chi connectivity index (χ4n) is 7.85. The standard InChI is InChI=1S/C54H42N4O/c1-54(2,42-20-10-5-11-21-42)37-39-30-31-55-52(34-39)58-50-27-13-12-24-48(50)49-29-28-45(36-51(49)58)59-44-23-14-22-43(35-44)56-32-33-57(38-56)53-46(40-16-6-3-7-17-40)25-15-26-47(53)41-18-8-4-9-19-41/h3-36H,37H2,1-2H3/i3D,4D,6D,7D,8D,9D,16D,17D,18D,19D. The molecule has 0 radical (unpaired) electrons. The van der Waals surface area contributed by atoms with Gasteiger partial charge < -0.3 is 4.74 Å². The third-order valence-electron chi connectivity index (χ3n) is 10.6. The average Bonchev–Trinajstić information content (AvgIpc) is 3.98. The molecule has 0 atom stereocenters. The molecular weight excluding hydrogens is 721 g/mol. The van der Waals surface area contributed by atoms with Crippen LogP contribution in [-0.4, -0.2) is 14.1 Å². The van der Waals surface area contributed by atoms with Crippen LogP contribution >= 0.6 is 0 Å². The first-order valence-electron chi connectivity index (χ1n) is 24.3. The van der Waals surface area contributed by atoms with Crippen LogP contribution in [0.3, 0.4) is 0 Å². The highest BCUT2D eigenvalue weighted by molar-refractivity contribution is 6.09. The first-order valence-corrected chi connectivity index (χ1v) is 19.3. The number of hydrogen-bond acceptors (Lipinski definition) is 2. The highest BCUT2D eigenvalue weighted by Gasteiger charge is 2.22. The maximum atomic E-state index is 8.86. The number of rotatable bonds is 10. The topological polar surface area (TPSA) is 35.9 Å². The van der Waals surface area contributed by atoms with E-state index in [9.17, 15) is 0 Å². The number of para-hydroxylation sites is 2. The fourth-order valence-corrected chi connectivity index (χ4v) is 7.85. The second-order valence-corrected chi connectivity index (χ2v) is 14.9. The number of pyridine rings is 1. The molecule has 0 N–H and O–H groups in total. The summed E-state index contributed by atoms with van der Waals surface area (Å²) in [5.74, 6) is 1.90. The predicted octanol–water partition coefficient (Wildman–Crippen LogP) is 12.7. The van der Waals surface area contributed by atoms with Crippen LogP contribution in [0.2, 0.25) is 0 Å². The molecule has 0 aliphatic heterocycles. The lowest BCUT2D eigenvalue weighted by Gasteiger charge is -2.25. The van der Waals surface area contributed by atoms with E-state index in [0.29, 0.717) is 17.2 Å². The maximum absolute atomic E-state index is 8.86. The van der Waals surface area contributed by atoms with Gasteiger partial charge in [0.05, 0.1) is 36.1 Å². The Morgan fingerprint density at radius 2 is 1.34 bits per heavy atom. The van der Waals surface area contributed by atoms with E-state index >= 15 is 0 Å². The highest BCUT2D eigenvalue weighted by Crippen LogP contribution is 2.37. The summed E-state index contributed by atoms with van der Waals surface area (Å²) in [5, 5.41) is 2.12. The zero-order chi connectivity index (χ0) is 48.5. The van der Waals surface area contributed by atoms with Gasteiger partial charge in [-0.25, -0.2) is 4.98 Å². The van der Waals surface area contributed by atoms with Crippen molar-refractivity contribution in [2.75, 3.05) is 0 Å². The minimum Gasteiger partial charge on any atom is -0.458 e. The normalized spacial score (nSPS) is 14.0. The lowest BCUT2D eigenvalue weighted by Crippen LogP contribution is -2.30. The van der Waals surface area contributed by atoms with Gasteiger partial charge in [0.25, 0.3) is 6.33 Å². The zero-order valence-corrected chi connectivity index (χ0v) is 32.3. The van der Waals surface area contributed by atoms with Crippen molar-refractivity contribution in [3.63, 3.8) is 0 Å². The molecule has 0 saturated heterocycles. The van der Waals surface area contributed by atoms with Gasteiger partial charge in [-0.2, -0.15) is 0 Å². The molecule has 0 aliphatic carbocycles. The zero-order valence-electron chi connectivity index (χ0n) is 42.3. The van der Waals surface area contributed by atoms with E-state index in [1.54, 1.807) is 35.2 Å². The maximum Gasteiger partial charge on any atom is 0.268 e. The van der Waals surface area contributed by atoms with E-state index < -0.39 is 60.4 Å². The molecule has 284 valence electrons. The van der Waals surface area contributed by atoms with Gasteiger partial charge in [-0.05, 0) is 93.7 Å². The van der Waals surface area contributed by atoms with Gasteiger partial charge >= 0.3 is 0 Å². The lowest BCUT2D eigenvalue weighted by atomic mass is 9.79. The third-order valence-corrected chi connectivity index (χ3v) is 10.6. The van der Waals surface area contributed by atoms with Gasteiger partial charge in [-0.1, -0.05) is 147 Å². The van der Waals surface area contributed by atoms with Crippen LogP contribution in [0.4, 0.5) is 0 Å². The summed E-state index contributed by atoms with van der Waals surface area (Å²) >= 11 is 0. The summed E-state index contributed by atoms with van der Waals surface area (Å²) in [4.78, 5) is 4.88. The molecule has 0 saturated carbocycles.